The summed E-state index contributed by atoms with van der Waals surface area (Å²) < 4.78 is 22.3. The molecule has 3 aromatic rings. The number of anilines is 1. The van der Waals surface area contributed by atoms with Gasteiger partial charge in [0.05, 0.1) is 25.3 Å². The van der Waals surface area contributed by atoms with Crippen molar-refractivity contribution < 1.29 is 33.6 Å². The first kappa shape index (κ1) is 23.6. The maximum absolute atomic E-state index is 13.3. The number of aliphatic hydroxyl groups is 1. The van der Waals surface area contributed by atoms with Gasteiger partial charge in [-0.2, -0.15) is 0 Å². The number of rotatable bonds is 6. The number of amides is 1. The largest absolute Gasteiger partial charge is 0.507 e. The van der Waals surface area contributed by atoms with Gasteiger partial charge in [-0.25, -0.2) is 0 Å². The summed E-state index contributed by atoms with van der Waals surface area (Å²) in [4.78, 5) is 27.9. The SMILES string of the molecule is CCOc1ccc(C2/C(=C(\O)c3ccc4c(c3)OCCO4)C(=O)C(=O)N2c2nnc(C)s2)cc1OC. The average molecular weight is 510 g/mol. The summed E-state index contributed by atoms with van der Waals surface area (Å²) in [7, 11) is 1.50. The molecule has 1 aromatic heterocycles. The lowest BCUT2D eigenvalue weighted by Gasteiger charge is -2.24. The van der Waals surface area contributed by atoms with Crippen molar-refractivity contribution in [2.24, 2.45) is 0 Å². The summed E-state index contributed by atoms with van der Waals surface area (Å²) in [6.45, 7) is 4.83. The van der Waals surface area contributed by atoms with Gasteiger partial charge in [0.2, 0.25) is 5.13 Å². The van der Waals surface area contributed by atoms with Crippen LogP contribution in [0.15, 0.2) is 42.0 Å². The predicted molar refractivity (Wildman–Crippen MR) is 131 cm³/mol. The highest BCUT2D eigenvalue weighted by molar-refractivity contribution is 7.15. The van der Waals surface area contributed by atoms with Crippen LogP contribution in [0.4, 0.5) is 5.13 Å². The Kier molecular flexibility index (Phi) is 6.23. The molecule has 0 bridgehead atoms. The monoisotopic (exact) mass is 509 g/mol. The topological polar surface area (TPSA) is 120 Å². The lowest BCUT2D eigenvalue weighted by Crippen LogP contribution is -2.29. The third-order valence-electron chi connectivity index (χ3n) is 5.78. The molecule has 1 fully saturated rings. The molecular weight excluding hydrogens is 486 g/mol. The molecule has 3 heterocycles. The van der Waals surface area contributed by atoms with Gasteiger partial charge < -0.3 is 24.1 Å². The molecule has 1 N–H and O–H groups in total. The van der Waals surface area contributed by atoms with E-state index in [0.717, 1.165) is 0 Å². The summed E-state index contributed by atoms with van der Waals surface area (Å²) in [5.41, 5.74) is 0.755. The molecule has 36 heavy (non-hydrogen) atoms. The highest BCUT2D eigenvalue weighted by atomic mass is 32.1. The van der Waals surface area contributed by atoms with E-state index in [1.807, 2.05) is 6.92 Å². The minimum Gasteiger partial charge on any atom is -0.507 e. The summed E-state index contributed by atoms with van der Waals surface area (Å²) >= 11 is 1.17. The van der Waals surface area contributed by atoms with Gasteiger partial charge in [0.25, 0.3) is 5.78 Å². The smallest absolute Gasteiger partial charge is 0.301 e. The number of hydrogen-bond donors (Lipinski definition) is 1. The van der Waals surface area contributed by atoms with Crippen molar-refractivity contribution >= 4 is 33.9 Å². The first-order valence-corrected chi connectivity index (χ1v) is 12.1. The van der Waals surface area contributed by atoms with E-state index in [9.17, 15) is 14.7 Å². The van der Waals surface area contributed by atoms with Crippen molar-refractivity contribution in [3.05, 3.63) is 58.1 Å². The second-order valence-electron chi connectivity index (χ2n) is 7.97. The molecule has 1 amide bonds. The van der Waals surface area contributed by atoms with Gasteiger partial charge >= 0.3 is 5.91 Å². The second-order valence-corrected chi connectivity index (χ2v) is 9.13. The van der Waals surface area contributed by atoms with Crippen LogP contribution in [0.2, 0.25) is 0 Å². The molecule has 2 aliphatic rings. The number of carbonyl (C=O) groups excluding carboxylic acids is 2. The molecule has 186 valence electrons. The van der Waals surface area contributed by atoms with Crippen LogP contribution in [0.25, 0.3) is 5.76 Å². The van der Waals surface area contributed by atoms with Crippen LogP contribution < -0.4 is 23.8 Å². The van der Waals surface area contributed by atoms with Crippen molar-refractivity contribution in [3.8, 4) is 23.0 Å². The fourth-order valence-corrected chi connectivity index (χ4v) is 4.92. The van der Waals surface area contributed by atoms with Crippen molar-refractivity contribution in [2.75, 3.05) is 31.8 Å². The number of fused-ring (bicyclic) bond motifs is 1. The minimum atomic E-state index is -0.977. The zero-order chi connectivity index (χ0) is 25.4. The lowest BCUT2D eigenvalue weighted by atomic mass is 9.95. The Labute approximate surface area is 210 Å². The van der Waals surface area contributed by atoms with E-state index >= 15 is 0 Å². The van der Waals surface area contributed by atoms with E-state index < -0.39 is 17.7 Å². The fourth-order valence-electron chi connectivity index (χ4n) is 4.20. The van der Waals surface area contributed by atoms with Crippen molar-refractivity contribution in [1.82, 2.24) is 10.2 Å². The number of ketones is 1. The predicted octanol–water partition coefficient (Wildman–Crippen LogP) is 3.65. The van der Waals surface area contributed by atoms with E-state index in [1.165, 1.54) is 23.3 Å². The summed E-state index contributed by atoms with van der Waals surface area (Å²) in [6.07, 6.45) is 0. The number of aliphatic hydroxyl groups excluding tert-OH is 1. The molecule has 2 aliphatic heterocycles. The molecule has 11 heteroatoms. The Bertz CT molecular complexity index is 1380. The number of Topliss-reactive ketones (excluding diaryl/α,β-unsaturated/α-hetero) is 1. The van der Waals surface area contributed by atoms with Gasteiger partial charge in [-0.1, -0.05) is 17.4 Å². The van der Waals surface area contributed by atoms with Crippen LogP contribution in [0.3, 0.4) is 0 Å². The lowest BCUT2D eigenvalue weighted by molar-refractivity contribution is -0.132. The van der Waals surface area contributed by atoms with Crippen LogP contribution in [0.5, 0.6) is 23.0 Å². The number of aromatic nitrogens is 2. The standard InChI is InChI=1S/C25H23N3O7S/c1-4-33-16-7-5-14(11-18(16)32-3)21-20(23(30)24(31)28(21)25-27-26-13(2)36-25)22(29)15-6-8-17-19(12-15)35-10-9-34-17/h5-8,11-12,21,29H,4,9-10H2,1-3H3/b22-20+. The molecule has 1 atom stereocenters. The van der Waals surface area contributed by atoms with Crippen molar-refractivity contribution in [1.29, 1.82) is 0 Å². The van der Waals surface area contributed by atoms with Crippen LogP contribution in [-0.4, -0.2) is 53.9 Å². The van der Waals surface area contributed by atoms with Crippen molar-refractivity contribution in [2.45, 2.75) is 19.9 Å². The van der Waals surface area contributed by atoms with Gasteiger partial charge in [0.1, 0.15) is 24.0 Å². The highest BCUT2D eigenvalue weighted by Gasteiger charge is 2.48. The first-order chi connectivity index (χ1) is 17.4. The van der Waals surface area contributed by atoms with Crippen LogP contribution in [0.1, 0.15) is 29.1 Å². The van der Waals surface area contributed by atoms with Crippen LogP contribution in [0, 0.1) is 6.92 Å². The Balaban J connectivity index is 1.69. The Morgan fingerprint density at radius 3 is 2.58 bits per heavy atom. The zero-order valence-electron chi connectivity index (χ0n) is 19.8. The number of hydrogen-bond acceptors (Lipinski definition) is 10. The summed E-state index contributed by atoms with van der Waals surface area (Å²) in [5, 5.41) is 20.3. The number of carbonyl (C=O) groups is 2. The average Bonchev–Trinajstić information content (AvgIpc) is 3.43. The molecule has 2 aromatic carbocycles. The number of aryl methyl sites for hydroxylation is 1. The summed E-state index contributed by atoms with van der Waals surface area (Å²) in [6, 6.07) is 8.98. The third kappa shape index (κ3) is 4.01. The minimum absolute atomic E-state index is 0.0873. The molecule has 5 rings (SSSR count). The fraction of sp³-hybridized carbons (Fsp3) is 0.280. The van der Waals surface area contributed by atoms with Crippen LogP contribution >= 0.6 is 11.3 Å². The van der Waals surface area contributed by atoms with E-state index in [4.69, 9.17) is 18.9 Å². The van der Waals surface area contributed by atoms with Crippen LogP contribution in [-0.2, 0) is 9.59 Å². The number of nitrogens with zero attached hydrogens (tertiary/aromatic N) is 3. The van der Waals surface area contributed by atoms with Gasteiger partial charge in [0.15, 0.2) is 23.0 Å². The van der Waals surface area contributed by atoms with Gasteiger partial charge in [0, 0.05) is 5.56 Å². The quantitative estimate of drug-likeness (QED) is 0.302. The summed E-state index contributed by atoms with van der Waals surface area (Å²) in [5.74, 6) is -0.0796. The molecule has 0 aliphatic carbocycles. The van der Waals surface area contributed by atoms with E-state index in [0.29, 0.717) is 59.0 Å². The maximum atomic E-state index is 13.3. The van der Waals surface area contributed by atoms with E-state index in [2.05, 4.69) is 10.2 Å². The normalized spacial score (nSPS) is 18.4. The second kappa shape index (κ2) is 9.50. The third-order valence-corrected chi connectivity index (χ3v) is 6.62. The molecular formula is C25H23N3O7S. The van der Waals surface area contributed by atoms with E-state index in [1.54, 1.807) is 43.3 Å². The van der Waals surface area contributed by atoms with Gasteiger partial charge in [-0.3, -0.25) is 14.5 Å². The Hall–Kier alpha value is -4.12. The molecule has 0 saturated carbocycles. The highest BCUT2D eigenvalue weighted by Crippen LogP contribution is 2.45. The first-order valence-electron chi connectivity index (χ1n) is 11.2. The molecule has 0 radical (unpaired) electrons. The Morgan fingerprint density at radius 1 is 1.11 bits per heavy atom. The number of methoxy groups -OCH3 is 1. The molecule has 10 nitrogen and oxygen atoms in total. The van der Waals surface area contributed by atoms with Gasteiger partial charge in [-0.15, -0.1) is 10.2 Å². The Morgan fingerprint density at radius 2 is 1.89 bits per heavy atom. The molecule has 1 saturated heterocycles. The number of ether oxygens (including phenoxy) is 4. The zero-order valence-corrected chi connectivity index (χ0v) is 20.6. The number of benzene rings is 2. The van der Waals surface area contributed by atoms with Crippen molar-refractivity contribution in [3.63, 3.8) is 0 Å². The molecule has 0 spiro atoms. The molecule has 1 unspecified atom stereocenters. The van der Waals surface area contributed by atoms with E-state index in [-0.39, 0.29) is 16.5 Å². The maximum Gasteiger partial charge on any atom is 0.301 e. The van der Waals surface area contributed by atoms with Gasteiger partial charge in [-0.05, 0) is 49.7 Å².